The Hall–Kier alpha value is -3.01. The molecule has 0 aliphatic carbocycles. The van der Waals surface area contributed by atoms with Crippen molar-refractivity contribution in [3.63, 3.8) is 0 Å². The maximum atomic E-state index is 12.8. The Labute approximate surface area is 127 Å². The van der Waals surface area contributed by atoms with Crippen LogP contribution < -0.4 is 0 Å². The summed E-state index contributed by atoms with van der Waals surface area (Å²) in [6.07, 6.45) is 0. The van der Waals surface area contributed by atoms with Crippen LogP contribution >= 0.6 is 0 Å². The SMILES string of the molecule is Cc1c(C(=O)c2cccc3ccccc23)cccc1[N+](=O)[O-]. The predicted octanol–water partition coefficient (Wildman–Crippen LogP) is 4.29. The number of carbonyl (C=O) groups is 1. The van der Waals surface area contributed by atoms with Gasteiger partial charge in [-0.25, -0.2) is 0 Å². The van der Waals surface area contributed by atoms with E-state index in [9.17, 15) is 14.9 Å². The normalized spacial score (nSPS) is 10.6. The number of benzene rings is 3. The van der Waals surface area contributed by atoms with Crippen molar-refractivity contribution in [1.29, 1.82) is 0 Å². The minimum atomic E-state index is -0.463. The molecule has 0 amide bonds. The van der Waals surface area contributed by atoms with E-state index in [-0.39, 0.29) is 11.5 Å². The Morgan fingerprint density at radius 2 is 1.55 bits per heavy atom. The quantitative estimate of drug-likeness (QED) is 0.411. The second-order valence-corrected chi connectivity index (χ2v) is 5.06. The summed E-state index contributed by atoms with van der Waals surface area (Å²) in [4.78, 5) is 23.4. The highest BCUT2D eigenvalue weighted by Crippen LogP contribution is 2.26. The number of nitrogens with zero attached hydrogens (tertiary/aromatic N) is 1. The highest BCUT2D eigenvalue weighted by Gasteiger charge is 2.20. The van der Waals surface area contributed by atoms with Gasteiger partial charge in [0.1, 0.15) is 0 Å². The van der Waals surface area contributed by atoms with Gasteiger partial charge in [-0.2, -0.15) is 0 Å². The molecule has 0 aliphatic rings. The standard InChI is InChI=1S/C18H13NO3/c1-12-14(9-5-11-17(12)19(21)22)18(20)16-10-4-7-13-6-2-3-8-15(13)16/h2-11H,1H3. The molecule has 0 spiro atoms. The van der Waals surface area contributed by atoms with Crippen LogP contribution in [0.1, 0.15) is 21.5 Å². The van der Waals surface area contributed by atoms with Gasteiger partial charge in [-0.05, 0) is 17.7 Å². The molecule has 4 heteroatoms. The van der Waals surface area contributed by atoms with Gasteiger partial charge in [0, 0.05) is 22.8 Å². The zero-order chi connectivity index (χ0) is 15.7. The number of nitro groups is 1. The molecule has 4 nitrogen and oxygen atoms in total. The maximum Gasteiger partial charge on any atom is 0.273 e. The van der Waals surface area contributed by atoms with Crippen LogP contribution in [-0.4, -0.2) is 10.7 Å². The largest absolute Gasteiger partial charge is 0.289 e. The second-order valence-electron chi connectivity index (χ2n) is 5.06. The van der Waals surface area contributed by atoms with Crippen molar-refractivity contribution in [2.75, 3.05) is 0 Å². The number of rotatable bonds is 3. The van der Waals surface area contributed by atoms with Crippen LogP contribution in [0.3, 0.4) is 0 Å². The summed E-state index contributed by atoms with van der Waals surface area (Å²) in [6.45, 7) is 1.61. The first-order valence-electron chi connectivity index (χ1n) is 6.86. The molecule has 0 saturated carbocycles. The van der Waals surface area contributed by atoms with Crippen LogP contribution in [0.5, 0.6) is 0 Å². The number of fused-ring (bicyclic) bond motifs is 1. The first kappa shape index (κ1) is 13.9. The molecule has 0 aliphatic heterocycles. The number of ketones is 1. The predicted molar refractivity (Wildman–Crippen MR) is 85.2 cm³/mol. The molecule has 3 rings (SSSR count). The molecular weight excluding hydrogens is 278 g/mol. The van der Waals surface area contributed by atoms with Crippen molar-refractivity contribution in [2.45, 2.75) is 6.92 Å². The zero-order valence-electron chi connectivity index (χ0n) is 11.9. The molecule has 3 aromatic rings. The fourth-order valence-corrected chi connectivity index (χ4v) is 2.64. The lowest BCUT2D eigenvalue weighted by molar-refractivity contribution is -0.385. The molecule has 3 aromatic carbocycles. The number of carbonyl (C=O) groups excluding carboxylic acids is 1. The van der Waals surface area contributed by atoms with Crippen LogP contribution in [0.4, 0.5) is 5.69 Å². The molecule has 0 N–H and O–H groups in total. The van der Waals surface area contributed by atoms with Crippen LogP contribution in [0.2, 0.25) is 0 Å². The van der Waals surface area contributed by atoms with Gasteiger partial charge < -0.3 is 0 Å². The molecular formula is C18H13NO3. The summed E-state index contributed by atoms with van der Waals surface area (Å²) in [5, 5.41) is 12.9. The summed E-state index contributed by atoms with van der Waals surface area (Å²) in [5.74, 6) is -0.196. The third kappa shape index (κ3) is 2.24. The third-order valence-corrected chi connectivity index (χ3v) is 3.78. The lowest BCUT2D eigenvalue weighted by atomic mass is 9.94. The summed E-state index contributed by atoms with van der Waals surface area (Å²) >= 11 is 0. The van der Waals surface area contributed by atoms with Gasteiger partial charge in [0.2, 0.25) is 0 Å². The highest BCUT2D eigenvalue weighted by molar-refractivity contribution is 6.17. The zero-order valence-corrected chi connectivity index (χ0v) is 11.9. The molecule has 22 heavy (non-hydrogen) atoms. The van der Waals surface area contributed by atoms with Crippen molar-refractivity contribution < 1.29 is 9.72 Å². The summed E-state index contributed by atoms with van der Waals surface area (Å²) in [7, 11) is 0. The van der Waals surface area contributed by atoms with E-state index in [4.69, 9.17) is 0 Å². The molecule has 108 valence electrons. The average molecular weight is 291 g/mol. The number of hydrogen-bond donors (Lipinski definition) is 0. The lowest BCUT2D eigenvalue weighted by Gasteiger charge is -2.08. The van der Waals surface area contributed by atoms with E-state index in [1.165, 1.54) is 6.07 Å². The maximum absolute atomic E-state index is 12.8. The number of hydrogen-bond acceptors (Lipinski definition) is 3. The first-order chi connectivity index (χ1) is 10.6. The van der Waals surface area contributed by atoms with E-state index in [0.717, 1.165) is 10.8 Å². The molecule has 0 heterocycles. The van der Waals surface area contributed by atoms with Crippen LogP contribution in [0.25, 0.3) is 10.8 Å². The molecule has 0 bridgehead atoms. The van der Waals surface area contributed by atoms with E-state index in [1.54, 1.807) is 25.1 Å². The van der Waals surface area contributed by atoms with E-state index in [1.807, 2.05) is 36.4 Å². The van der Waals surface area contributed by atoms with Crippen molar-refractivity contribution in [3.05, 3.63) is 87.5 Å². The van der Waals surface area contributed by atoms with E-state index < -0.39 is 4.92 Å². The first-order valence-corrected chi connectivity index (χ1v) is 6.86. The third-order valence-electron chi connectivity index (χ3n) is 3.78. The highest BCUT2D eigenvalue weighted by atomic mass is 16.6. The Kier molecular flexibility index (Phi) is 3.43. The molecule has 0 radical (unpaired) electrons. The molecule has 0 saturated heterocycles. The Bertz CT molecular complexity index is 894. The fourth-order valence-electron chi connectivity index (χ4n) is 2.64. The van der Waals surface area contributed by atoms with Gasteiger partial charge in [0.25, 0.3) is 5.69 Å². The van der Waals surface area contributed by atoms with Gasteiger partial charge in [-0.15, -0.1) is 0 Å². The van der Waals surface area contributed by atoms with Crippen LogP contribution in [-0.2, 0) is 0 Å². The summed E-state index contributed by atoms with van der Waals surface area (Å²) in [6, 6.07) is 17.7. The molecule has 0 aromatic heterocycles. The van der Waals surface area contributed by atoms with E-state index in [0.29, 0.717) is 16.7 Å². The monoisotopic (exact) mass is 291 g/mol. The van der Waals surface area contributed by atoms with E-state index >= 15 is 0 Å². The minimum absolute atomic E-state index is 0.0360. The lowest BCUT2D eigenvalue weighted by Crippen LogP contribution is -2.06. The van der Waals surface area contributed by atoms with Crippen molar-refractivity contribution in [1.82, 2.24) is 0 Å². The topological polar surface area (TPSA) is 60.2 Å². The number of nitro benzene ring substituents is 1. The average Bonchev–Trinajstić information content (AvgIpc) is 2.53. The van der Waals surface area contributed by atoms with Crippen molar-refractivity contribution >= 4 is 22.2 Å². The summed E-state index contributed by atoms with van der Waals surface area (Å²) in [5.41, 5.74) is 1.28. The van der Waals surface area contributed by atoms with Crippen LogP contribution in [0.15, 0.2) is 60.7 Å². The van der Waals surface area contributed by atoms with Crippen molar-refractivity contribution in [2.24, 2.45) is 0 Å². The fraction of sp³-hybridized carbons (Fsp3) is 0.0556. The minimum Gasteiger partial charge on any atom is -0.289 e. The Morgan fingerprint density at radius 3 is 2.32 bits per heavy atom. The van der Waals surface area contributed by atoms with Crippen molar-refractivity contribution in [3.8, 4) is 0 Å². The second kappa shape index (κ2) is 5.41. The summed E-state index contributed by atoms with van der Waals surface area (Å²) < 4.78 is 0. The van der Waals surface area contributed by atoms with E-state index in [2.05, 4.69) is 0 Å². The van der Waals surface area contributed by atoms with Crippen LogP contribution in [0, 0.1) is 17.0 Å². The molecule has 0 unspecified atom stereocenters. The van der Waals surface area contributed by atoms with Gasteiger partial charge in [0.15, 0.2) is 5.78 Å². The van der Waals surface area contributed by atoms with Gasteiger partial charge in [0.05, 0.1) is 4.92 Å². The Balaban J connectivity index is 2.19. The van der Waals surface area contributed by atoms with Gasteiger partial charge in [-0.1, -0.05) is 54.6 Å². The van der Waals surface area contributed by atoms with Gasteiger partial charge >= 0.3 is 0 Å². The molecule has 0 fully saturated rings. The molecule has 0 atom stereocenters. The van der Waals surface area contributed by atoms with Gasteiger partial charge in [-0.3, -0.25) is 14.9 Å². The Morgan fingerprint density at radius 1 is 0.909 bits per heavy atom. The smallest absolute Gasteiger partial charge is 0.273 e.